The Morgan fingerprint density at radius 3 is 2.05 bits per heavy atom. The minimum atomic E-state index is -4.16. The van der Waals surface area contributed by atoms with Crippen molar-refractivity contribution < 1.29 is 18.0 Å². The van der Waals surface area contributed by atoms with E-state index >= 15 is 0 Å². The summed E-state index contributed by atoms with van der Waals surface area (Å²) in [6.45, 7) is 10.7. The summed E-state index contributed by atoms with van der Waals surface area (Å²) >= 11 is 13.0. The molecule has 0 fully saturated rings. The lowest BCUT2D eigenvalue weighted by Crippen LogP contribution is -2.53. The van der Waals surface area contributed by atoms with Crippen LogP contribution in [0.1, 0.15) is 55.9 Å². The SMILES string of the molecule is CC[C@H](C)NC(=O)[C@H](CC)N(Cc1c(Cl)cccc1Cl)C(=O)CN(c1ccc(C)c(C)c1)S(=O)(=O)c1ccc(C)cc1. The average Bonchev–Trinajstić information content (AvgIpc) is 2.94. The van der Waals surface area contributed by atoms with Crippen molar-refractivity contribution in [1.29, 1.82) is 0 Å². The predicted molar refractivity (Wildman–Crippen MR) is 171 cm³/mol. The van der Waals surface area contributed by atoms with Crippen LogP contribution < -0.4 is 9.62 Å². The van der Waals surface area contributed by atoms with E-state index in [0.717, 1.165) is 21.0 Å². The van der Waals surface area contributed by atoms with Gasteiger partial charge in [-0.15, -0.1) is 0 Å². The highest BCUT2D eigenvalue weighted by atomic mass is 35.5. The largest absolute Gasteiger partial charge is 0.352 e. The van der Waals surface area contributed by atoms with E-state index in [1.807, 2.05) is 40.7 Å². The molecule has 3 aromatic carbocycles. The van der Waals surface area contributed by atoms with Gasteiger partial charge in [0, 0.05) is 28.2 Å². The van der Waals surface area contributed by atoms with Gasteiger partial charge in [0.2, 0.25) is 11.8 Å². The summed E-state index contributed by atoms with van der Waals surface area (Å²) in [6, 6.07) is 15.8. The van der Waals surface area contributed by atoms with Crippen LogP contribution in [0, 0.1) is 20.8 Å². The van der Waals surface area contributed by atoms with Gasteiger partial charge in [-0.25, -0.2) is 8.42 Å². The highest BCUT2D eigenvalue weighted by Gasteiger charge is 2.34. The van der Waals surface area contributed by atoms with Crippen LogP contribution in [-0.2, 0) is 26.2 Å². The number of halogens is 2. The maximum atomic E-state index is 14.3. The smallest absolute Gasteiger partial charge is 0.264 e. The van der Waals surface area contributed by atoms with E-state index in [4.69, 9.17) is 23.2 Å². The van der Waals surface area contributed by atoms with Crippen molar-refractivity contribution in [2.24, 2.45) is 0 Å². The first-order valence-corrected chi connectivity index (χ1v) is 16.2. The van der Waals surface area contributed by atoms with Gasteiger partial charge in [-0.2, -0.15) is 0 Å². The first kappa shape index (κ1) is 33.4. The molecule has 0 saturated carbocycles. The molecule has 2 atom stereocenters. The van der Waals surface area contributed by atoms with Gasteiger partial charge < -0.3 is 10.2 Å². The number of hydrogen-bond acceptors (Lipinski definition) is 4. The molecule has 0 heterocycles. The summed E-state index contributed by atoms with van der Waals surface area (Å²) in [7, 11) is -4.16. The van der Waals surface area contributed by atoms with E-state index < -0.39 is 28.5 Å². The molecule has 0 aliphatic rings. The molecule has 2 amide bonds. The number of nitrogens with zero attached hydrogens (tertiary/aromatic N) is 2. The van der Waals surface area contributed by atoms with E-state index in [2.05, 4.69) is 5.32 Å². The standard InChI is InChI=1S/C32H39Cl2N3O4S/c1-7-24(6)35-32(39)30(8-2)36(19-27-28(33)10-9-11-29(27)34)31(38)20-37(25-15-14-22(4)23(5)18-25)42(40,41)26-16-12-21(3)13-17-26/h9-18,24,30H,7-8,19-20H2,1-6H3,(H,35,39)/t24-,30-/m0/s1. The predicted octanol–water partition coefficient (Wildman–Crippen LogP) is 6.84. The zero-order valence-corrected chi connectivity index (χ0v) is 27.3. The molecular formula is C32H39Cl2N3O4S. The first-order chi connectivity index (χ1) is 19.8. The molecule has 0 aromatic heterocycles. The van der Waals surface area contributed by atoms with E-state index in [1.165, 1.54) is 17.0 Å². The molecule has 0 aliphatic carbocycles. The highest BCUT2D eigenvalue weighted by Crippen LogP contribution is 2.29. The molecule has 0 unspecified atom stereocenters. The lowest BCUT2D eigenvalue weighted by molar-refractivity contribution is -0.140. The molecule has 0 bridgehead atoms. The maximum absolute atomic E-state index is 14.3. The Bertz CT molecular complexity index is 1510. The topological polar surface area (TPSA) is 86.8 Å². The number of carbonyl (C=O) groups excluding carboxylic acids is 2. The Kier molecular flexibility index (Phi) is 11.5. The monoisotopic (exact) mass is 631 g/mol. The van der Waals surface area contributed by atoms with Crippen LogP contribution in [0.2, 0.25) is 10.0 Å². The van der Waals surface area contributed by atoms with Gasteiger partial charge >= 0.3 is 0 Å². The number of benzene rings is 3. The third-order valence-electron chi connectivity index (χ3n) is 7.44. The van der Waals surface area contributed by atoms with Crippen LogP contribution >= 0.6 is 23.2 Å². The Morgan fingerprint density at radius 2 is 1.50 bits per heavy atom. The van der Waals surface area contributed by atoms with Gasteiger partial charge in [0.1, 0.15) is 12.6 Å². The van der Waals surface area contributed by atoms with Crippen molar-refractivity contribution >= 4 is 50.7 Å². The Morgan fingerprint density at radius 1 is 0.881 bits per heavy atom. The summed E-state index contributed by atoms with van der Waals surface area (Å²) in [4.78, 5) is 29.1. The summed E-state index contributed by atoms with van der Waals surface area (Å²) in [5.41, 5.74) is 3.59. The van der Waals surface area contributed by atoms with Crippen molar-refractivity contribution in [1.82, 2.24) is 10.2 Å². The van der Waals surface area contributed by atoms with Gasteiger partial charge in [0.25, 0.3) is 10.0 Å². The fourth-order valence-corrected chi connectivity index (χ4v) is 6.38. The fraction of sp³-hybridized carbons (Fsp3) is 0.375. The van der Waals surface area contributed by atoms with E-state index in [1.54, 1.807) is 49.4 Å². The van der Waals surface area contributed by atoms with Crippen LogP contribution in [0.15, 0.2) is 65.6 Å². The number of rotatable bonds is 12. The van der Waals surface area contributed by atoms with E-state index in [9.17, 15) is 18.0 Å². The number of amides is 2. The number of anilines is 1. The molecule has 0 saturated heterocycles. The van der Waals surface area contributed by atoms with Gasteiger partial charge in [-0.3, -0.25) is 13.9 Å². The summed E-state index contributed by atoms with van der Waals surface area (Å²) in [5.74, 6) is -0.895. The molecular weight excluding hydrogens is 593 g/mol. The quantitative estimate of drug-likeness (QED) is 0.237. The highest BCUT2D eigenvalue weighted by molar-refractivity contribution is 7.92. The second kappa shape index (κ2) is 14.4. The zero-order chi connectivity index (χ0) is 31.2. The lowest BCUT2D eigenvalue weighted by Gasteiger charge is -2.34. The number of nitrogens with one attached hydrogen (secondary N) is 1. The van der Waals surface area contributed by atoms with Crippen molar-refractivity contribution in [2.75, 3.05) is 10.8 Å². The normalized spacial score (nSPS) is 12.9. The number of hydrogen-bond donors (Lipinski definition) is 1. The van der Waals surface area contributed by atoms with Crippen molar-refractivity contribution in [2.45, 2.75) is 77.9 Å². The molecule has 10 heteroatoms. The molecule has 3 rings (SSSR count). The lowest BCUT2D eigenvalue weighted by atomic mass is 10.1. The Labute approximate surface area is 259 Å². The third kappa shape index (κ3) is 7.85. The van der Waals surface area contributed by atoms with Crippen molar-refractivity contribution in [3.05, 3.63) is 93.0 Å². The van der Waals surface area contributed by atoms with E-state index in [-0.39, 0.29) is 23.4 Å². The second-order valence-electron chi connectivity index (χ2n) is 10.6. The fourth-order valence-electron chi connectivity index (χ4n) is 4.46. The number of aryl methyl sites for hydroxylation is 3. The summed E-state index contributed by atoms with van der Waals surface area (Å²) in [5, 5.41) is 3.65. The van der Waals surface area contributed by atoms with Crippen molar-refractivity contribution in [3.63, 3.8) is 0 Å². The van der Waals surface area contributed by atoms with Crippen LogP contribution in [0.25, 0.3) is 0 Å². The maximum Gasteiger partial charge on any atom is 0.264 e. The molecule has 226 valence electrons. The molecule has 1 N–H and O–H groups in total. The molecule has 42 heavy (non-hydrogen) atoms. The molecule has 0 spiro atoms. The number of carbonyl (C=O) groups is 2. The molecule has 3 aromatic rings. The van der Waals surface area contributed by atoms with Crippen LogP contribution in [0.3, 0.4) is 0 Å². The van der Waals surface area contributed by atoms with Gasteiger partial charge in [0.15, 0.2) is 0 Å². The molecule has 0 radical (unpaired) electrons. The average molecular weight is 633 g/mol. The minimum Gasteiger partial charge on any atom is -0.352 e. The van der Waals surface area contributed by atoms with Gasteiger partial charge in [0.05, 0.1) is 10.6 Å². The van der Waals surface area contributed by atoms with Crippen LogP contribution in [0.4, 0.5) is 5.69 Å². The Hall–Kier alpha value is -3.07. The van der Waals surface area contributed by atoms with Gasteiger partial charge in [-0.05, 0) is 88.1 Å². The Balaban J connectivity index is 2.12. The second-order valence-corrected chi connectivity index (χ2v) is 13.2. The van der Waals surface area contributed by atoms with Crippen LogP contribution in [-0.4, -0.2) is 43.8 Å². The molecule has 7 nitrogen and oxygen atoms in total. The third-order valence-corrected chi connectivity index (χ3v) is 9.94. The van der Waals surface area contributed by atoms with E-state index in [0.29, 0.717) is 34.1 Å². The number of sulfonamides is 1. The summed E-state index contributed by atoms with van der Waals surface area (Å²) < 4.78 is 29.2. The van der Waals surface area contributed by atoms with Crippen LogP contribution in [0.5, 0.6) is 0 Å². The zero-order valence-electron chi connectivity index (χ0n) is 24.9. The molecule has 0 aliphatic heterocycles. The minimum absolute atomic E-state index is 0.0568. The first-order valence-electron chi connectivity index (χ1n) is 14.0. The van der Waals surface area contributed by atoms with Crippen molar-refractivity contribution in [3.8, 4) is 0 Å². The summed E-state index contributed by atoms with van der Waals surface area (Å²) in [6.07, 6.45) is 1.01. The van der Waals surface area contributed by atoms with Gasteiger partial charge in [-0.1, -0.05) is 66.9 Å².